The molecule has 34 heavy (non-hydrogen) atoms. The summed E-state index contributed by atoms with van der Waals surface area (Å²) in [5.41, 5.74) is 3.35. The summed E-state index contributed by atoms with van der Waals surface area (Å²) < 4.78 is 0. The Morgan fingerprint density at radius 1 is 0.912 bits per heavy atom. The van der Waals surface area contributed by atoms with Gasteiger partial charge < -0.3 is 15.1 Å². The Hall–Kier alpha value is -3.44. The molecule has 2 atom stereocenters. The van der Waals surface area contributed by atoms with Gasteiger partial charge >= 0.3 is 0 Å². The molecule has 1 saturated heterocycles. The third-order valence-electron chi connectivity index (χ3n) is 6.46. The molecule has 1 N–H and O–H groups in total. The smallest absolute Gasteiger partial charge is 0.245 e. The van der Waals surface area contributed by atoms with Crippen LogP contribution >= 0.6 is 0 Å². The predicted octanol–water partition coefficient (Wildman–Crippen LogP) is 3.69. The maximum Gasteiger partial charge on any atom is 0.245 e. The number of rotatable bonds is 9. The van der Waals surface area contributed by atoms with E-state index in [1.54, 1.807) is 4.90 Å². The highest BCUT2D eigenvalue weighted by molar-refractivity contribution is 5.90. The largest absolute Gasteiger partial charge is 0.340 e. The molecule has 3 aromatic carbocycles. The maximum atomic E-state index is 13.7. The van der Waals surface area contributed by atoms with Crippen LogP contribution in [0.15, 0.2) is 91.0 Å². The van der Waals surface area contributed by atoms with Crippen molar-refractivity contribution in [2.24, 2.45) is 0 Å². The van der Waals surface area contributed by atoms with Crippen LogP contribution in [0.25, 0.3) is 0 Å². The van der Waals surface area contributed by atoms with Gasteiger partial charge in [-0.15, -0.1) is 0 Å². The number of hydrogen-bond donors (Lipinski definition) is 1. The second-order valence-electron chi connectivity index (χ2n) is 8.95. The normalized spacial score (nSPS) is 16.8. The number of amides is 2. The number of piperazine rings is 1. The number of nitrogens with one attached hydrogen (secondary N) is 1. The minimum Gasteiger partial charge on any atom is -0.340 e. The Morgan fingerprint density at radius 2 is 1.47 bits per heavy atom. The minimum atomic E-state index is -0.523. The molecular weight excluding hydrogens is 422 g/mol. The van der Waals surface area contributed by atoms with Crippen molar-refractivity contribution < 1.29 is 9.59 Å². The summed E-state index contributed by atoms with van der Waals surface area (Å²) in [7, 11) is 1.83. The zero-order valence-electron chi connectivity index (χ0n) is 19.8. The SMILES string of the molecule is CN(Cc1ccccc1)C(=O)[C@H](Cc1ccccc1)N1CCN[C@@H](CCc2ccccc2)C1=O. The summed E-state index contributed by atoms with van der Waals surface area (Å²) in [4.78, 5) is 30.8. The summed E-state index contributed by atoms with van der Waals surface area (Å²) >= 11 is 0. The third-order valence-corrected chi connectivity index (χ3v) is 6.46. The monoisotopic (exact) mass is 455 g/mol. The molecule has 5 nitrogen and oxygen atoms in total. The first kappa shape index (κ1) is 23.7. The van der Waals surface area contributed by atoms with E-state index in [1.807, 2.05) is 90.8 Å². The van der Waals surface area contributed by atoms with E-state index in [0.29, 0.717) is 32.5 Å². The van der Waals surface area contributed by atoms with Crippen molar-refractivity contribution in [1.29, 1.82) is 0 Å². The van der Waals surface area contributed by atoms with Crippen LogP contribution < -0.4 is 5.32 Å². The first-order valence-corrected chi connectivity index (χ1v) is 12.0. The first-order valence-electron chi connectivity index (χ1n) is 12.0. The lowest BCUT2D eigenvalue weighted by atomic mass is 9.98. The van der Waals surface area contributed by atoms with Crippen LogP contribution in [-0.2, 0) is 29.0 Å². The van der Waals surface area contributed by atoms with Crippen molar-refractivity contribution in [3.8, 4) is 0 Å². The van der Waals surface area contributed by atoms with Gasteiger partial charge in [0.15, 0.2) is 0 Å². The van der Waals surface area contributed by atoms with Crippen molar-refractivity contribution in [3.05, 3.63) is 108 Å². The average molecular weight is 456 g/mol. The third kappa shape index (κ3) is 6.12. The van der Waals surface area contributed by atoms with E-state index in [1.165, 1.54) is 5.56 Å². The molecule has 0 bridgehead atoms. The van der Waals surface area contributed by atoms with Gasteiger partial charge in [0.1, 0.15) is 6.04 Å². The van der Waals surface area contributed by atoms with Gasteiger partial charge in [0.05, 0.1) is 6.04 Å². The summed E-state index contributed by atoms with van der Waals surface area (Å²) in [5, 5.41) is 3.38. The molecule has 0 saturated carbocycles. The number of carbonyl (C=O) groups is 2. The summed E-state index contributed by atoms with van der Waals surface area (Å²) in [6, 6.07) is 29.4. The number of carbonyl (C=O) groups excluding carboxylic acids is 2. The Kier molecular flexibility index (Phi) is 8.10. The fraction of sp³-hybridized carbons (Fsp3) is 0.310. The molecule has 5 heteroatoms. The molecule has 1 fully saturated rings. The molecule has 0 spiro atoms. The van der Waals surface area contributed by atoms with Crippen LogP contribution in [0, 0.1) is 0 Å². The second-order valence-corrected chi connectivity index (χ2v) is 8.95. The maximum absolute atomic E-state index is 13.7. The van der Waals surface area contributed by atoms with Gasteiger partial charge in [0.25, 0.3) is 0 Å². The van der Waals surface area contributed by atoms with Crippen LogP contribution in [0.5, 0.6) is 0 Å². The molecule has 1 aliphatic rings. The van der Waals surface area contributed by atoms with E-state index in [2.05, 4.69) is 17.4 Å². The Labute approximate surface area is 202 Å². The van der Waals surface area contributed by atoms with Gasteiger partial charge in [0.2, 0.25) is 11.8 Å². The molecule has 4 rings (SSSR count). The number of hydrogen-bond acceptors (Lipinski definition) is 3. The van der Waals surface area contributed by atoms with Gasteiger partial charge in [-0.2, -0.15) is 0 Å². The lowest BCUT2D eigenvalue weighted by Gasteiger charge is -2.39. The van der Waals surface area contributed by atoms with Crippen molar-refractivity contribution >= 4 is 11.8 Å². The Balaban J connectivity index is 1.51. The molecule has 2 amide bonds. The van der Waals surface area contributed by atoms with Gasteiger partial charge in [-0.1, -0.05) is 91.0 Å². The number of nitrogens with zero attached hydrogens (tertiary/aromatic N) is 2. The van der Waals surface area contributed by atoms with Crippen molar-refractivity contribution in [3.63, 3.8) is 0 Å². The number of aryl methyl sites for hydroxylation is 1. The van der Waals surface area contributed by atoms with Crippen LogP contribution in [0.1, 0.15) is 23.1 Å². The van der Waals surface area contributed by atoms with Crippen LogP contribution in [0.2, 0.25) is 0 Å². The minimum absolute atomic E-state index is 0.0181. The van der Waals surface area contributed by atoms with Crippen LogP contribution in [0.3, 0.4) is 0 Å². The van der Waals surface area contributed by atoms with Crippen molar-refractivity contribution in [2.45, 2.75) is 37.9 Å². The van der Waals surface area contributed by atoms with E-state index in [-0.39, 0.29) is 17.9 Å². The quantitative estimate of drug-likeness (QED) is 0.535. The molecule has 176 valence electrons. The lowest BCUT2D eigenvalue weighted by Crippen LogP contribution is -2.61. The standard InChI is InChI=1S/C29H33N3O2/c1-31(22-25-15-9-4-10-16-25)29(34)27(21-24-13-7-3-8-14-24)32-20-19-30-26(28(32)33)18-17-23-11-5-2-6-12-23/h2-16,26-27,30H,17-22H2,1H3/t26-,27-/m0/s1. The fourth-order valence-corrected chi connectivity index (χ4v) is 4.61. The number of benzene rings is 3. The summed E-state index contributed by atoms with van der Waals surface area (Å²) in [6.45, 7) is 1.73. The van der Waals surface area contributed by atoms with Gasteiger partial charge in [-0.25, -0.2) is 0 Å². The van der Waals surface area contributed by atoms with E-state index < -0.39 is 6.04 Å². The molecule has 1 heterocycles. The zero-order chi connectivity index (χ0) is 23.8. The Morgan fingerprint density at radius 3 is 2.09 bits per heavy atom. The van der Waals surface area contributed by atoms with Crippen molar-refractivity contribution in [2.75, 3.05) is 20.1 Å². The second kappa shape index (κ2) is 11.6. The molecule has 0 aromatic heterocycles. The highest BCUT2D eigenvalue weighted by Crippen LogP contribution is 2.18. The van der Waals surface area contributed by atoms with E-state index in [0.717, 1.165) is 17.5 Å². The predicted molar refractivity (Wildman–Crippen MR) is 135 cm³/mol. The van der Waals surface area contributed by atoms with Gasteiger partial charge in [-0.3, -0.25) is 9.59 Å². The first-order chi connectivity index (χ1) is 16.6. The molecule has 3 aromatic rings. The fourth-order valence-electron chi connectivity index (χ4n) is 4.61. The molecule has 0 aliphatic carbocycles. The van der Waals surface area contributed by atoms with E-state index in [9.17, 15) is 9.59 Å². The highest BCUT2D eigenvalue weighted by atomic mass is 16.2. The zero-order valence-corrected chi connectivity index (χ0v) is 19.8. The van der Waals surface area contributed by atoms with Gasteiger partial charge in [-0.05, 0) is 29.5 Å². The molecule has 0 radical (unpaired) electrons. The van der Waals surface area contributed by atoms with Crippen LogP contribution in [-0.4, -0.2) is 53.8 Å². The molecule has 0 unspecified atom stereocenters. The number of likely N-dealkylation sites (N-methyl/N-ethyl adjacent to an activating group) is 1. The molecular formula is C29H33N3O2. The molecule has 1 aliphatic heterocycles. The van der Waals surface area contributed by atoms with E-state index >= 15 is 0 Å². The van der Waals surface area contributed by atoms with Crippen LogP contribution in [0.4, 0.5) is 0 Å². The average Bonchev–Trinajstić information content (AvgIpc) is 2.88. The summed E-state index contributed by atoms with van der Waals surface area (Å²) in [5.74, 6) is -0.00524. The topological polar surface area (TPSA) is 52.7 Å². The Bertz CT molecular complexity index is 1060. The highest BCUT2D eigenvalue weighted by Gasteiger charge is 2.37. The van der Waals surface area contributed by atoms with Gasteiger partial charge in [0, 0.05) is 33.1 Å². The van der Waals surface area contributed by atoms with Crippen molar-refractivity contribution in [1.82, 2.24) is 15.1 Å². The lowest BCUT2D eigenvalue weighted by molar-refractivity contribution is -0.148. The summed E-state index contributed by atoms with van der Waals surface area (Å²) in [6.07, 6.45) is 2.05. The van der Waals surface area contributed by atoms with E-state index in [4.69, 9.17) is 0 Å².